The minimum atomic E-state index is -0.0364. The maximum atomic E-state index is 12.2. The molecule has 0 saturated carbocycles. The molecule has 3 aromatic rings. The van der Waals surface area contributed by atoms with Crippen LogP contribution in [0.15, 0.2) is 59.1 Å². The SMILES string of the molecule is Cc1nc(CSCC(=O)Nc2ccccc2Cc2ccccc2)no1. The van der Waals surface area contributed by atoms with Gasteiger partial charge in [0.05, 0.1) is 11.5 Å². The van der Waals surface area contributed by atoms with E-state index in [9.17, 15) is 4.79 Å². The summed E-state index contributed by atoms with van der Waals surface area (Å²) < 4.78 is 4.91. The van der Waals surface area contributed by atoms with E-state index in [4.69, 9.17) is 4.52 Å². The van der Waals surface area contributed by atoms with Crippen LogP contribution in [0.1, 0.15) is 22.8 Å². The number of carbonyl (C=O) groups is 1. The van der Waals surface area contributed by atoms with Crippen molar-refractivity contribution in [1.29, 1.82) is 0 Å². The molecule has 0 radical (unpaired) electrons. The Morgan fingerprint density at radius 3 is 2.64 bits per heavy atom. The summed E-state index contributed by atoms with van der Waals surface area (Å²) in [4.78, 5) is 16.3. The van der Waals surface area contributed by atoms with E-state index >= 15 is 0 Å². The van der Waals surface area contributed by atoms with Gasteiger partial charge in [0, 0.05) is 12.6 Å². The summed E-state index contributed by atoms with van der Waals surface area (Å²) in [6, 6.07) is 18.1. The molecule has 0 bridgehead atoms. The zero-order valence-corrected chi connectivity index (χ0v) is 14.8. The number of hydrogen-bond acceptors (Lipinski definition) is 5. The Balaban J connectivity index is 1.55. The molecule has 0 spiro atoms. The van der Waals surface area contributed by atoms with Gasteiger partial charge in [0.15, 0.2) is 5.82 Å². The van der Waals surface area contributed by atoms with Crippen LogP contribution in [0.3, 0.4) is 0 Å². The highest BCUT2D eigenvalue weighted by Crippen LogP contribution is 2.19. The fourth-order valence-electron chi connectivity index (χ4n) is 2.43. The molecule has 0 atom stereocenters. The van der Waals surface area contributed by atoms with Gasteiger partial charge in [-0.05, 0) is 23.6 Å². The fraction of sp³-hybridized carbons (Fsp3) is 0.211. The van der Waals surface area contributed by atoms with Crippen molar-refractivity contribution in [3.8, 4) is 0 Å². The fourth-order valence-corrected chi connectivity index (χ4v) is 3.09. The number of para-hydroxylation sites is 1. The van der Waals surface area contributed by atoms with Crippen LogP contribution in [0.4, 0.5) is 5.69 Å². The molecule has 6 heteroatoms. The molecule has 0 fully saturated rings. The van der Waals surface area contributed by atoms with Crippen LogP contribution in [0.25, 0.3) is 0 Å². The molecule has 0 aliphatic rings. The summed E-state index contributed by atoms with van der Waals surface area (Å²) >= 11 is 1.46. The third kappa shape index (κ3) is 5.19. The van der Waals surface area contributed by atoms with Crippen LogP contribution in [-0.4, -0.2) is 21.8 Å². The third-order valence-corrected chi connectivity index (χ3v) is 4.49. The average molecular weight is 353 g/mol. The van der Waals surface area contributed by atoms with Gasteiger partial charge in [-0.2, -0.15) is 4.98 Å². The van der Waals surface area contributed by atoms with Crippen molar-refractivity contribution in [3.05, 3.63) is 77.4 Å². The zero-order chi connectivity index (χ0) is 17.5. The summed E-state index contributed by atoms with van der Waals surface area (Å²) in [7, 11) is 0. The molecule has 1 N–H and O–H groups in total. The van der Waals surface area contributed by atoms with Crippen LogP contribution >= 0.6 is 11.8 Å². The van der Waals surface area contributed by atoms with E-state index in [0.29, 0.717) is 23.2 Å². The Hall–Kier alpha value is -2.60. The molecule has 0 aliphatic heterocycles. The van der Waals surface area contributed by atoms with E-state index < -0.39 is 0 Å². The van der Waals surface area contributed by atoms with Gasteiger partial charge >= 0.3 is 0 Å². The lowest BCUT2D eigenvalue weighted by Crippen LogP contribution is -2.15. The number of benzene rings is 2. The summed E-state index contributed by atoms with van der Waals surface area (Å²) in [5, 5.41) is 6.82. The van der Waals surface area contributed by atoms with Gasteiger partial charge in [0.2, 0.25) is 11.8 Å². The van der Waals surface area contributed by atoms with Gasteiger partial charge in [-0.1, -0.05) is 53.7 Å². The third-order valence-electron chi connectivity index (χ3n) is 3.56. The van der Waals surface area contributed by atoms with Gasteiger partial charge in [-0.15, -0.1) is 11.8 Å². The molecule has 25 heavy (non-hydrogen) atoms. The monoisotopic (exact) mass is 353 g/mol. The molecule has 2 aromatic carbocycles. The summed E-state index contributed by atoms with van der Waals surface area (Å²) in [6.45, 7) is 1.75. The molecule has 0 unspecified atom stereocenters. The first-order chi connectivity index (χ1) is 12.2. The van der Waals surface area contributed by atoms with Crippen LogP contribution in [0, 0.1) is 6.92 Å². The van der Waals surface area contributed by atoms with Crippen molar-refractivity contribution < 1.29 is 9.32 Å². The number of nitrogens with one attached hydrogen (secondary N) is 1. The van der Waals surface area contributed by atoms with Gasteiger partial charge in [0.25, 0.3) is 0 Å². The lowest BCUT2D eigenvalue weighted by Gasteiger charge is -2.11. The normalized spacial score (nSPS) is 10.6. The molecule has 128 valence electrons. The number of aromatic nitrogens is 2. The van der Waals surface area contributed by atoms with Crippen molar-refractivity contribution in [3.63, 3.8) is 0 Å². The minimum Gasteiger partial charge on any atom is -0.340 e. The predicted molar refractivity (Wildman–Crippen MR) is 99.5 cm³/mol. The number of amides is 1. The molecule has 1 heterocycles. The predicted octanol–water partition coefficient (Wildman–Crippen LogP) is 3.84. The zero-order valence-electron chi connectivity index (χ0n) is 13.9. The van der Waals surface area contributed by atoms with Gasteiger partial charge in [0.1, 0.15) is 0 Å². The van der Waals surface area contributed by atoms with E-state index in [1.165, 1.54) is 17.3 Å². The smallest absolute Gasteiger partial charge is 0.234 e. The van der Waals surface area contributed by atoms with Crippen LogP contribution < -0.4 is 5.32 Å². The van der Waals surface area contributed by atoms with Gasteiger partial charge < -0.3 is 9.84 Å². The topological polar surface area (TPSA) is 68.0 Å². The molecule has 5 nitrogen and oxygen atoms in total. The standard InChI is InChI=1S/C19H19N3O2S/c1-14-20-18(22-24-14)12-25-13-19(23)21-17-10-6-5-9-16(17)11-15-7-3-2-4-8-15/h2-10H,11-13H2,1H3,(H,21,23). The van der Waals surface area contributed by atoms with Crippen LogP contribution in [0.2, 0.25) is 0 Å². The number of hydrogen-bond donors (Lipinski definition) is 1. The summed E-state index contributed by atoms with van der Waals surface area (Å²) in [6.07, 6.45) is 0.784. The van der Waals surface area contributed by atoms with E-state index in [0.717, 1.165) is 17.7 Å². The molecule has 1 aromatic heterocycles. The average Bonchev–Trinajstić information content (AvgIpc) is 3.03. The van der Waals surface area contributed by atoms with Crippen molar-refractivity contribution in [2.24, 2.45) is 0 Å². The molecule has 3 rings (SSSR count). The molecule has 0 aliphatic carbocycles. The van der Waals surface area contributed by atoms with Crippen molar-refractivity contribution in [2.75, 3.05) is 11.1 Å². The second-order valence-electron chi connectivity index (χ2n) is 5.59. The number of aryl methyl sites for hydroxylation is 1. The van der Waals surface area contributed by atoms with E-state index in [1.54, 1.807) is 6.92 Å². The number of rotatable bonds is 7. The Labute approximate surface area is 150 Å². The van der Waals surface area contributed by atoms with Gasteiger partial charge in [-0.3, -0.25) is 4.79 Å². The first-order valence-corrected chi connectivity index (χ1v) is 9.15. The highest BCUT2D eigenvalue weighted by atomic mass is 32.2. The number of thioether (sulfide) groups is 1. The Morgan fingerprint density at radius 2 is 1.88 bits per heavy atom. The van der Waals surface area contributed by atoms with Crippen molar-refractivity contribution in [2.45, 2.75) is 19.1 Å². The van der Waals surface area contributed by atoms with E-state index in [2.05, 4.69) is 27.6 Å². The van der Waals surface area contributed by atoms with Crippen LogP contribution in [-0.2, 0) is 17.0 Å². The van der Waals surface area contributed by atoms with E-state index in [1.807, 2.05) is 42.5 Å². The van der Waals surface area contributed by atoms with Gasteiger partial charge in [-0.25, -0.2) is 0 Å². The molecule has 1 amide bonds. The number of carbonyl (C=O) groups excluding carboxylic acids is 1. The Morgan fingerprint density at radius 1 is 1.12 bits per heavy atom. The maximum Gasteiger partial charge on any atom is 0.234 e. The summed E-state index contributed by atoms with van der Waals surface area (Å²) in [5.41, 5.74) is 3.17. The number of anilines is 1. The second-order valence-corrected chi connectivity index (χ2v) is 6.58. The maximum absolute atomic E-state index is 12.2. The lowest BCUT2D eigenvalue weighted by atomic mass is 10.0. The highest BCUT2D eigenvalue weighted by molar-refractivity contribution is 7.99. The largest absolute Gasteiger partial charge is 0.340 e. The Bertz CT molecular complexity index is 833. The first kappa shape index (κ1) is 17.2. The van der Waals surface area contributed by atoms with Crippen molar-refractivity contribution >= 4 is 23.4 Å². The minimum absolute atomic E-state index is 0.0364. The molecular weight excluding hydrogens is 334 g/mol. The quantitative estimate of drug-likeness (QED) is 0.699. The van der Waals surface area contributed by atoms with E-state index in [-0.39, 0.29) is 5.91 Å². The first-order valence-electron chi connectivity index (χ1n) is 7.99. The molecular formula is C19H19N3O2S. The lowest BCUT2D eigenvalue weighted by molar-refractivity contribution is -0.113. The number of nitrogens with zero attached hydrogens (tertiary/aromatic N) is 2. The van der Waals surface area contributed by atoms with Crippen LogP contribution in [0.5, 0.6) is 0 Å². The Kier molecular flexibility index (Phi) is 5.85. The second kappa shape index (κ2) is 8.48. The highest BCUT2D eigenvalue weighted by Gasteiger charge is 2.09. The van der Waals surface area contributed by atoms with Crippen molar-refractivity contribution in [1.82, 2.24) is 10.1 Å². The molecule has 0 saturated heterocycles. The summed E-state index contributed by atoms with van der Waals surface area (Å²) in [5.74, 6) is 2.00.